The standard InChI is InChI=1S/C22H22ClN7O2.ClH/c23-17-7-14(10-26-19(17)8-24)9-25-15-3-5-28(6-4-15)12-16-13-29-20(31)2-1-18-22(29)30(16)21(32)11-27-18;/h1-2,7,10-11,15-16,25H,3-6,9,12-13H2;1H/t16-;/m1./s1. The van der Waals surface area contributed by atoms with Crippen LogP contribution in [0.4, 0.5) is 0 Å². The van der Waals surface area contributed by atoms with Crippen LogP contribution < -0.4 is 16.4 Å². The lowest BCUT2D eigenvalue weighted by molar-refractivity contribution is 0.171. The molecule has 1 saturated heterocycles. The van der Waals surface area contributed by atoms with E-state index < -0.39 is 0 Å². The molecule has 0 spiro atoms. The number of aromatic nitrogens is 4. The molecule has 5 rings (SSSR count). The molecule has 0 aromatic carbocycles. The third kappa shape index (κ3) is 4.52. The van der Waals surface area contributed by atoms with Crippen LogP contribution in [-0.2, 0) is 13.1 Å². The van der Waals surface area contributed by atoms with Crippen molar-refractivity contribution in [2.45, 2.75) is 38.0 Å². The van der Waals surface area contributed by atoms with Crippen molar-refractivity contribution < 1.29 is 0 Å². The van der Waals surface area contributed by atoms with E-state index in [1.807, 2.05) is 6.07 Å². The highest BCUT2D eigenvalue weighted by Crippen LogP contribution is 2.24. The molecule has 172 valence electrons. The van der Waals surface area contributed by atoms with Gasteiger partial charge in [0.05, 0.1) is 17.3 Å². The fourth-order valence-electron chi connectivity index (χ4n) is 4.70. The number of piperidine rings is 1. The highest BCUT2D eigenvalue weighted by Gasteiger charge is 2.29. The van der Waals surface area contributed by atoms with Crippen LogP contribution in [0.2, 0.25) is 5.02 Å². The zero-order chi connectivity index (χ0) is 22.2. The third-order valence-electron chi connectivity index (χ3n) is 6.33. The van der Waals surface area contributed by atoms with E-state index in [2.05, 4.69) is 20.2 Å². The molecule has 1 atom stereocenters. The largest absolute Gasteiger partial charge is 0.310 e. The summed E-state index contributed by atoms with van der Waals surface area (Å²) in [4.78, 5) is 35.5. The average Bonchev–Trinajstić information content (AvgIpc) is 3.19. The minimum atomic E-state index is -0.161. The monoisotopic (exact) mass is 487 g/mol. The number of rotatable bonds is 5. The fourth-order valence-corrected chi connectivity index (χ4v) is 4.93. The second-order valence-electron chi connectivity index (χ2n) is 8.35. The Hall–Kier alpha value is -2.77. The first-order chi connectivity index (χ1) is 15.5. The number of nitriles is 1. The predicted octanol–water partition coefficient (Wildman–Crippen LogP) is 1.71. The molecule has 0 bridgehead atoms. The number of halogens is 2. The second kappa shape index (κ2) is 9.61. The maximum Gasteiger partial charge on any atom is 0.270 e. The van der Waals surface area contributed by atoms with Crippen molar-refractivity contribution in [3.8, 4) is 6.07 Å². The van der Waals surface area contributed by atoms with Gasteiger partial charge in [-0.25, -0.2) is 9.97 Å². The molecule has 2 aliphatic rings. The Kier molecular flexibility index (Phi) is 6.81. The summed E-state index contributed by atoms with van der Waals surface area (Å²) in [6.45, 7) is 3.70. The Morgan fingerprint density at radius 2 is 1.94 bits per heavy atom. The summed E-state index contributed by atoms with van der Waals surface area (Å²) in [5.41, 5.74) is 2.23. The molecular weight excluding hydrogens is 465 g/mol. The molecule has 0 amide bonds. The van der Waals surface area contributed by atoms with Crippen molar-refractivity contribution >= 4 is 35.2 Å². The number of likely N-dealkylation sites (tertiary alicyclic amines) is 1. The molecule has 11 heteroatoms. The molecule has 1 N–H and O–H groups in total. The zero-order valence-electron chi connectivity index (χ0n) is 17.8. The normalized spacial score (nSPS) is 18.2. The van der Waals surface area contributed by atoms with Gasteiger partial charge in [-0.05, 0) is 43.6 Å². The van der Waals surface area contributed by atoms with Crippen molar-refractivity contribution in [1.82, 2.24) is 29.3 Å². The topological polar surface area (TPSA) is 109 Å². The molecule has 2 aliphatic heterocycles. The first-order valence-electron chi connectivity index (χ1n) is 10.6. The van der Waals surface area contributed by atoms with E-state index in [1.165, 1.54) is 12.3 Å². The molecule has 5 heterocycles. The highest BCUT2D eigenvalue weighted by atomic mass is 35.5. The van der Waals surface area contributed by atoms with Gasteiger partial charge in [-0.15, -0.1) is 12.4 Å². The molecule has 0 unspecified atom stereocenters. The lowest BCUT2D eigenvalue weighted by atomic mass is 10.0. The summed E-state index contributed by atoms with van der Waals surface area (Å²) in [5, 5.41) is 12.9. The minimum Gasteiger partial charge on any atom is -0.310 e. The van der Waals surface area contributed by atoms with Gasteiger partial charge in [0.15, 0.2) is 5.69 Å². The van der Waals surface area contributed by atoms with E-state index in [4.69, 9.17) is 16.9 Å². The van der Waals surface area contributed by atoms with E-state index in [1.54, 1.807) is 27.5 Å². The molecule has 9 nitrogen and oxygen atoms in total. The molecular formula is C22H23Cl2N7O2. The van der Waals surface area contributed by atoms with Gasteiger partial charge in [0.2, 0.25) is 0 Å². The lowest BCUT2D eigenvalue weighted by Gasteiger charge is -2.34. The van der Waals surface area contributed by atoms with Crippen LogP contribution >= 0.6 is 24.0 Å². The molecule has 3 aromatic heterocycles. The smallest absolute Gasteiger partial charge is 0.270 e. The Morgan fingerprint density at radius 1 is 1.15 bits per heavy atom. The van der Waals surface area contributed by atoms with Crippen molar-refractivity contribution in [2.24, 2.45) is 0 Å². The summed E-state index contributed by atoms with van der Waals surface area (Å²) in [5.74, 6) is 0. The third-order valence-corrected chi connectivity index (χ3v) is 6.62. The van der Waals surface area contributed by atoms with E-state index in [0.29, 0.717) is 35.3 Å². The van der Waals surface area contributed by atoms with Crippen molar-refractivity contribution in [1.29, 1.82) is 5.26 Å². The van der Waals surface area contributed by atoms with E-state index in [9.17, 15) is 9.59 Å². The van der Waals surface area contributed by atoms with Crippen molar-refractivity contribution in [3.63, 3.8) is 0 Å². The molecule has 0 radical (unpaired) electrons. The SMILES string of the molecule is Cl.N#Cc1ncc(CNC2CCN(C[C@@H]3Cn4c(=O)ccc5ncc(=O)n3c54)CC2)cc1Cl. The van der Waals surface area contributed by atoms with Gasteiger partial charge in [-0.2, -0.15) is 5.26 Å². The van der Waals surface area contributed by atoms with Crippen LogP contribution in [0, 0.1) is 11.3 Å². The average molecular weight is 488 g/mol. The number of nitrogens with one attached hydrogen (secondary N) is 1. The summed E-state index contributed by atoms with van der Waals surface area (Å²) in [6.07, 6.45) is 4.99. The van der Waals surface area contributed by atoms with Gasteiger partial charge < -0.3 is 10.2 Å². The molecule has 0 aliphatic carbocycles. The fraction of sp³-hybridized carbons (Fsp3) is 0.409. The van der Waals surface area contributed by atoms with E-state index >= 15 is 0 Å². The maximum absolute atomic E-state index is 12.5. The van der Waals surface area contributed by atoms with Crippen LogP contribution in [0.3, 0.4) is 0 Å². The van der Waals surface area contributed by atoms with E-state index in [0.717, 1.165) is 38.0 Å². The van der Waals surface area contributed by atoms with Crippen LogP contribution in [0.15, 0.2) is 40.2 Å². The maximum atomic E-state index is 12.5. The van der Waals surface area contributed by atoms with E-state index in [-0.39, 0.29) is 35.3 Å². The minimum absolute atomic E-state index is 0. The van der Waals surface area contributed by atoms with Crippen LogP contribution in [0.1, 0.15) is 30.1 Å². The van der Waals surface area contributed by atoms with Crippen molar-refractivity contribution in [3.05, 3.63) is 67.6 Å². The molecule has 33 heavy (non-hydrogen) atoms. The number of nitrogens with zero attached hydrogens (tertiary/aromatic N) is 6. The predicted molar refractivity (Wildman–Crippen MR) is 127 cm³/mol. The summed E-state index contributed by atoms with van der Waals surface area (Å²) in [7, 11) is 0. The number of hydrogen-bond acceptors (Lipinski definition) is 7. The van der Waals surface area contributed by atoms with Crippen LogP contribution in [0.5, 0.6) is 0 Å². The number of hydrogen-bond donors (Lipinski definition) is 1. The van der Waals surface area contributed by atoms with Crippen LogP contribution in [-0.4, -0.2) is 49.7 Å². The Morgan fingerprint density at radius 3 is 2.67 bits per heavy atom. The highest BCUT2D eigenvalue weighted by molar-refractivity contribution is 6.31. The van der Waals surface area contributed by atoms with Crippen molar-refractivity contribution in [2.75, 3.05) is 19.6 Å². The zero-order valence-corrected chi connectivity index (χ0v) is 19.3. The quantitative estimate of drug-likeness (QED) is 0.583. The molecule has 1 fully saturated rings. The van der Waals surface area contributed by atoms with Gasteiger partial charge in [0.1, 0.15) is 17.2 Å². The summed E-state index contributed by atoms with van der Waals surface area (Å²) in [6, 6.07) is 7.25. The van der Waals surface area contributed by atoms with Gasteiger partial charge in [-0.3, -0.25) is 18.7 Å². The van der Waals surface area contributed by atoms with Gasteiger partial charge in [0, 0.05) is 37.9 Å². The summed E-state index contributed by atoms with van der Waals surface area (Å²) < 4.78 is 3.40. The second-order valence-corrected chi connectivity index (χ2v) is 8.76. The molecule has 0 saturated carbocycles. The Bertz CT molecular complexity index is 1330. The number of pyridine rings is 2. The molecule has 3 aromatic rings. The first-order valence-corrected chi connectivity index (χ1v) is 11.0. The summed E-state index contributed by atoms with van der Waals surface area (Å²) >= 11 is 6.07. The lowest BCUT2D eigenvalue weighted by Crippen LogP contribution is -2.44. The van der Waals surface area contributed by atoms with Crippen LogP contribution in [0.25, 0.3) is 11.2 Å². The first kappa shape index (κ1) is 23.4. The van der Waals surface area contributed by atoms with Gasteiger partial charge in [0.25, 0.3) is 11.1 Å². The van der Waals surface area contributed by atoms with Gasteiger partial charge >= 0.3 is 0 Å². The Labute approximate surface area is 201 Å². The Balaban J connectivity index is 0.00000259. The van der Waals surface area contributed by atoms with Gasteiger partial charge in [-0.1, -0.05) is 11.6 Å².